The highest BCUT2D eigenvalue weighted by molar-refractivity contribution is 9.10. The van der Waals surface area contributed by atoms with Gasteiger partial charge >= 0.3 is 0 Å². The van der Waals surface area contributed by atoms with Gasteiger partial charge in [0.25, 0.3) is 0 Å². The molecule has 0 amide bonds. The predicted octanol–water partition coefficient (Wildman–Crippen LogP) is 4.22. The maximum atomic E-state index is 4.22. The molecule has 3 nitrogen and oxygen atoms in total. The van der Waals surface area contributed by atoms with Gasteiger partial charge in [0.05, 0.1) is 11.1 Å². The summed E-state index contributed by atoms with van der Waals surface area (Å²) >= 11 is 5.30. The Labute approximate surface area is 133 Å². The lowest BCUT2D eigenvalue weighted by Gasteiger charge is -2.21. The SMILES string of the molecule is Cn1cc(Sc2cc(Br)ccc2CNC(C)(C)C)cn1. The van der Waals surface area contributed by atoms with Crippen LogP contribution in [0.5, 0.6) is 0 Å². The van der Waals surface area contributed by atoms with E-state index in [9.17, 15) is 0 Å². The Kier molecular flexibility index (Phi) is 4.94. The molecule has 0 aliphatic rings. The molecule has 0 aliphatic heterocycles. The maximum absolute atomic E-state index is 4.22. The standard InChI is InChI=1S/C15H20BrN3S/c1-15(2,3)17-8-11-5-6-12(16)7-14(11)20-13-9-18-19(4)10-13/h5-7,9-10,17H,8H2,1-4H3. The Hall–Kier alpha value is -0.780. The fourth-order valence-electron chi connectivity index (χ4n) is 1.71. The molecule has 0 bridgehead atoms. The van der Waals surface area contributed by atoms with Crippen LogP contribution >= 0.6 is 27.7 Å². The van der Waals surface area contributed by atoms with Crippen molar-refractivity contribution in [3.8, 4) is 0 Å². The van der Waals surface area contributed by atoms with Gasteiger partial charge in [0, 0.05) is 34.7 Å². The first kappa shape index (κ1) is 15.6. The van der Waals surface area contributed by atoms with Crippen molar-refractivity contribution < 1.29 is 0 Å². The van der Waals surface area contributed by atoms with Gasteiger partial charge in [-0.3, -0.25) is 4.68 Å². The van der Waals surface area contributed by atoms with Crippen molar-refractivity contribution in [2.24, 2.45) is 7.05 Å². The van der Waals surface area contributed by atoms with Crippen LogP contribution < -0.4 is 5.32 Å². The van der Waals surface area contributed by atoms with Crippen molar-refractivity contribution in [2.45, 2.75) is 42.6 Å². The number of aryl methyl sites for hydroxylation is 1. The Morgan fingerprint density at radius 2 is 2.10 bits per heavy atom. The first-order valence-electron chi connectivity index (χ1n) is 6.53. The summed E-state index contributed by atoms with van der Waals surface area (Å²) < 4.78 is 2.93. The molecule has 1 aromatic carbocycles. The Bertz CT molecular complexity index is 587. The zero-order valence-electron chi connectivity index (χ0n) is 12.3. The van der Waals surface area contributed by atoms with E-state index in [1.165, 1.54) is 10.5 Å². The molecule has 0 fully saturated rings. The molecular weight excluding hydrogens is 334 g/mol. The number of hydrogen-bond donors (Lipinski definition) is 1. The number of nitrogens with zero attached hydrogens (tertiary/aromatic N) is 2. The molecule has 0 unspecified atom stereocenters. The number of hydrogen-bond acceptors (Lipinski definition) is 3. The lowest BCUT2D eigenvalue weighted by Crippen LogP contribution is -2.35. The minimum absolute atomic E-state index is 0.114. The molecule has 1 aromatic heterocycles. The predicted molar refractivity (Wildman–Crippen MR) is 88.1 cm³/mol. The summed E-state index contributed by atoms with van der Waals surface area (Å²) in [6.07, 6.45) is 3.93. The van der Waals surface area contributed by atoms with E-state index >= 15 is 0 Å². The number of halogens is 1. The maximum Gasteiger partial charge on any atom is 0.0629 e. The topological polar surface area (TPSA) is 29.9 Å². The van der Waals surface area contributed by atoms with Gasteiger partial charge in [-0.15, -0.1) is 0 Å². The highest BCUT2D eigenvalue weighted by Crippen LogP contribution is 2.32. The van der Waals surface area contributed by atoms with Gasteiger partial charge in [-0.25, -0.2) is 0 Å². The van der Waals surface area contributed by atoms with Gasteiger partial charge < -0.3 is 5.32 Å². The molecule has 108 valence electrons. The molecule has 20 heavy (non-hydrogen) atoms. The van der Waals surface area contributed by atoms with E-state index in [-0.39, 0.29) is 5.54 Å². The van der Waals surface area contributed by atoms with Crippen molar-refractivity contribution in [1.29, 1.82) is 0 Å². The van der Waals surface area contributed by atoms with Crippen LogP contribution in [0.3, 0.4) is 0 Å². The third kappa shape index (κ3) is 4.65. The fourth-order valence-corrected chi connectivity index (χ4v) is 3.24. The van der Waals surface area contributed by atoms with Crippen molar-refractivity contribution in [2.75, 3.05) is 0 Å². The quantitative estimate of drug-likeness (QED) is 0.892. The van der Waals surface area contributed by atoms with E-state index in [1.807, 2.05) is 24.1 Å². The molecule has 2 rings (SSSR count). The lowest BCUT2D eigenvalue weighted by atomic mass is 10.1. The summed E-state index contributed by atoms with van der Waals surface area (Å²) in [6, 6.07) is 6.42. The molecule has 1 N–H and O–H groups in total. The van der Waals surface area contributed by atoms with E-state index in [1.54, 1.807) is 11.8 Å². The summed E-state index contributed by atoms with van der Waals surface area (Å²) in [6.45, 7) is 7.40. The molecule has 1 heterocycles. The van der Waals surface area contributed by atoms with Crippen LogP contribution in [0.15, 0.2) is 44.9 Å². The molecule has 2 aromatic rings. The first-order chi connectivity index (χ1) is 9.33. The second-order valence-corrected chi connectivity index (χ2v) is 7.84. The van der Waals surface area contributed by atoms with Gasteiger partial charge in [-0.05, 0) is 38.5 Å². The van der Waals surface area contributed by atoms with Crippen LogP contribution in [0.4, 0.5) is 0 Å². The number of nitrogens with one attached hydrogen (secondary N) is 1. The van der Waals surface area contributed by atoms with Gasteiger partial charge in [0.1, 0.15) is 0 Å². The minimum Gasteiger partial charge on any atom is -0.308 e. The van der Waals surface area contributed by atoms with Crippen LogP contribution in [-0.2, 0) is 13.6 Å². The molecular formula is C15H20BrN3S. The summed E-state index contributed by atoms with van der Waals surface area (Å²) in [7, 11) is 1.94. The first-order valence-corrected chi connectivity index (χ1v) is 8.14. The third-order valence-electron chi connectivity index (χ3n) is 2.75. The smallest absolute Gasteiger partial charge is 0.0629 e. The van der Waals surface area contributed by atoms with Crippen molar-refractivity contribution in [3.63, 3.8) is 0 Å². The number of rotatable bonds is 4. The Morgan fingerprint density at radius 1 is 1.35 bits per heavy atom. The van der Waals surface area contributed by atoms with E-state index in [2.05, 4.69) is 65.3 Å². The van der Waals surface area contributed by atoms with Crippen molar-refractivity contribution in [3.05, 3.63) is 40.6 Å². The fraction of sp³-hybridized carbons (Fsp3) is 0.400. The summed E-state index contributed by atoms with van der Waals surface area (Å²) in [5, 5.41) is 7.76. The molecule has 5 heteroatoms. The summed E-state index contributed by atoms with van der Waals surface area (Å²) in [5.41, 5.74) is 1.42. The molecule has 0 saturated carbocycles. The van der Waals surface area contributed by atoms with Crippen molar-refractivity contribution >= 4 is 27.7 Å². The van der Waals surface area contributed by atoms with Gasteiger partial charge in [-0.2, -0.15) is 5.10 Å². The highest BCUT2D eigenvalue weighted by atomic mass is 79.9. The molecule has 0 aliphatic carbocycles. The monoisotopic (exact) mass is 353 g/mol. The average molecular weight is 354 g/mol. The van der Waals surface area contributed by atoms with E-state index in [0.717, 1.165) is 15.9 Å². The normalized spacial score (nSPS) is 11.8. The number of benzene rings is 1. The molecule has 0 spiro atoms. The third-order valence-corrected chi connectivity index (χ3v) is 4.29. The molecule has 0 radical (unpaired) electrons. The van der Waals surface area contributed by atoms with Crippen LogP contribution in [0.1, 0.15) is 26.3 Å². The van der Waals surface area contributed by atoms with Gasteiger partial charge in [-0.1, -0.05) is 33.8 Å². The van der Waals surface area contributed by atoms with Crippen LogP contribution in [-0.4, -0.2) is 15.3 Å². The zero-order valence-corrected chi connectivity index (χ0v) is 14.7. The second kappa shape index (κ2) is 6.33. The number of aromatic nitrogens is 2. The highest BCUT2D eigenvalue weighted by Gasteiger charge is 2.12. The molecule has 0 saturated heterocycles. The van der Waals surface area contributed by atoms with E-state index < -0.39 is 0 Å². The Balaban J connectivity index is 2.19. The minimum atomic E-state index is 0.114. The second-order valence-electron chi connectivity index (χ2n) is 5.81. The summed E-state index contributed by atoms with van der Waals surface area (Å²) in [5.74, 6) is 0. The summed E-state index contributed by atoms with van der Waals surface area (Å²) in [4.78, 5) is 2.41. The van der Waals surface area contributed by atoms with Crippen molar-refractivity contribution in [1.82, 2.24) is 15.1 Å². The average Bonchev–Trinajstić information content (AvgIpc) is 2.72. The van der Waals surface area contributed by atoms with E-state index in [4.69, 9.17) is 0 Å². The lowest BCUT2D eigenvalue weighted by molar-refractivity contribution is 0.422. The molecule has 0 atom stereocenters. The van der Waals surface area contributed by atoms with Crippen LogP contribution in [0.25, 0.3) is 0 Å². The van der Waals surface area contributed by atoms with E-state index in [0.29, 0.717) is 0 Å². The van der Waals surface area contributed by atoms with Crippen LogP contribution in [0.2, 0.25) is 0 Å². The van der Waals surface area contributed by atoms with Gasteiger partial charge in [0.2, 0.25) is 0 Å². The Morgan fingerprint density at radius 3 is 2.70 bits per heavy atom. The zero-order chi connectivity index (χ0) is 14.8. The van der Waals surface area contributed by atoms with Gasteiger partial charge in [0.15, 0.2) is 0 Å². The largest absolute Gasteiger partial charge is 0.308 e. The van der Waals surface area contributed by atoms with Crippen LogP contribution in [0, 0.1) is 0 Å².